The molecule has 0 amide bonds. The minimum Gasteiger partial charge on any atom is -0.303 e. The number of hydrogen-bond acceptors (Lipinski definition) is 3. The molecule has 4 nitrogen and oxygen atoms in total. The molecule has 1 atom stereocenters. The molecule has 1 aliphatic heterocycles. The highest BCUT2D eigenvalue weighted by Crippen LogP contribution is 2.24. The summed E-state index contributed by atoms with van der Waals surface area (Å²) in [6.07, 6.45) is 2.41. The van der Waals surface area contributed by atoms with Gasteiger partial charge in [-0.05, 0) is 61.3 Å². The van der Waals surface area contributed by atoms with Gasteiger partial charge in [0, 0.05) is 47.6 Å². The lowest BCUT2D eigenvalue weighted by molar-refractivity contribution is 0.0962. The van der Waals surface area contributed by atoms with Crippen LogP contribution in [-0.4, -0.2) is 40.5 Å². The number of hydrogen-bond donors (Lipinski definition) is 1. The highest BCUT2D eigenvalue weighted by atomic mass is 35.5. The fourth-order valence-corrected chi connectivity index (χ4v) is 3.97. The van der Waals surface area contributed by atoms with Crippen LogP contribution in [0, 0.1) is 11.7 Å². The Balaban J connectivity index is 1.31. The number of carbonyl (C=O) groups is 1. The van der Waals surface area contributed by atoms with E-state index in [-0.39, 0.29) is 11.6 Å². The Bertz CT molecular complexity index is 954. The van der Waals surface area contributed by atoms with E-state index in [1.807, 2.05) is 18.2 Å². The number of Topliss-reactive ketones (excluding diaryl/α,β-unsaturated/α-hetero) is 1. The van der Waals surface area contributed by atoms with Crippen molar-refractivity contribution >= 4 is 28.3 Å². The number of nitrogens with one attached hydrogen (secondary N) is 1. The van der Waals surface area contributed by atoms with Gasteiger partial charge in [-0.15, -0.1) is 0 Å². The minimum atomic E-state index is -0.314. The maximum Gasteiger partial charge on any atom is 0.163 e. The van der Waals surface area contributed by atoms with E-state index < -0.39 is 0 Å². The SMILES string of the molecule is O=C(CC1CCN(CCc2[nH]nc3ccc(Cl)cc23)C1)c1ccc(F)cc1. The molecule has 0 radical (unpaired) electrons. The molecule has 1 unspecified atom stereocenters. The molecule has 27 heavy (non-hydrogen) atoms. The van der Waals surface area contributed by atoms with E-state index in [9.17, 15) is 9.18 Å². The molecule has 140 valence electrons. The number of H-pyrrole nitrogens is 1. The van der Waals surface area contributed by atoms with Gasteiger partial charge in [-0.25, -0.2) is 4.39 Å². The number of halogens is 2. The molecule has 0 bridgehead atoms. The average Bonchev–Trinajstić information content (AvgIpc) is 3.27. The molecule has 4 rings (SSSR count). The number of fused-ring (bicyclic) bond motifs is 1. The minimum absolute atomic E-state index is 0.0936. The van der Waals surface area contributed by atoms with Crippen molar-refractivity contribution in [3.05, 3.63) is 64.6 Å². The van der Waals surface area contributed by atoms with Crippen LogP contribution in [0.2, 0.25) is 5.02 Å². The molecule has 2 heterocycles. The summed E-state index contributed by atoms with van der Waals surface area (Å²) in [6.45, 7) is 2.83. The van der Waals surface area contributed by atoms with Crippen LogP contribution >= 0.6 is 11.6 Å². The molecule has 1 aromatic heterocycles. The first-order valence-electron chi connectivity index (χ1n) is 9.22. The number of rotatable bonds is 6. The maximum atomic E-state index is 13.0. The molecular formula is C21H21ClFN3O. The predicted molar refractivity (Wildman–Crippen MR) is 105 cm³/mol. The number of likely N-dealkylation sites (tertiary alicyclic amines) is 1. The summed E-state index contributed by atoms with van der Waals surface area (Å²) in [7, 11) is 0. The Kier molecular flexibility index (Phi) is 5.23. The zero-order valence-electron chi connectivity index (χ0n) is 14.9. The van der Waals surface area contributed by atoms with Crippen molar-refractivity contribution in [3.8, 4) is 0 Å². The van der Waals surface area contributed by atoms with Gasteiger partial charge in [-0.3, -0.25) is 9.89 Å². The largest absolute Gasteiger partial charge is 0.303 e. The van der Waals surface area contributed by atoms with Gasteiger partial charge >= 0.3 is 0 Å². The smallest absolute Gasteiger partial charge is 0.163 e. The van der Waals surface area contributed by atoms with Crippen molar-refractivity contribution in [1.29, 1.82) is 0 Å². The van der Waals surface area contributed by atoms with Crippen molar-refractivity contribution in [1.82, 2.24) is 15.1 Å². The molecule has 0 saturated carbocycles. The van der Waals surface area contributed by atoms with Gasteiger partial charge in [-0.2, -0.15) is 5.10 Å². The predicted octanol–water partition coefficient (Wildman–Crippen LogP) is 4.49. The molecule has 0 spiro atoms. The van der Waals surface area contributed by atoms with Crippen LogP contribution in [0.3, 0.4) is 0 Å². The third-order valence-electron chi connectivity index (χ3n) is 5.28. The fourth-order valence-electron chi connectivity index (χ4n) is 3.79. The van der Waals surface area contributed by atoms with Crippen molar-refractivity contribution in [2.24, 2.45) is 5.92 Å². The third-order valence-corrected chi connectivity index (χ3v) is 5.52. The molecule has 1 saturated heterocycles. The third kappa shape index (κ3) is 4.20. The molecule has 0 aliphatic carbocycles. The normalized spacial score (nSPS) is 17.6. The number of benzene rings is 2. The highest BCUT2D eigenvalue weighted by Gasteiger charge is 2.25. The second-order valence-electron chi connectivity index (χ2n) is 7.20. The van der Waals surface area contributed by atoms with Gasteiger partial charge in [0.25, 0.3) is 0 Å². The van der Waals surface area contributed by atoms with E-state index in [2.05, 4.69) is 15.1 Å². The lowest BCUT2D eigenvalue weighted by Crippen LogP contribution is -2.24. The number of nitrogens with zero attached hydrogens (tertiary/aromatic N) is 2. The number of carbonyl (C=O) groups excluding carboxylic acids is 1. The van der Waals surface area contributed by atoms with Crippen LogP contribution in [-0.2, 0) is 6.42 Å². The van der Waals surface area contributed by atoms with Crippen molar-refractivity contribution < 1.29 is 9.18 Å². The lowest BCUT2D eigenvalue weighted by Gasteiger charge is -2.15. The Morgan fingerprint density at radius 2 is 2.07 bits per heavy atom. The maximum absolute atomic E-state index is 13.0. The van der Waals surface area contributed by atoms with Crippen molar-refractivity contribution in [3.63, 3.8) is 0 Å². The van der Waals surface area contributed by atoms with Crippen LogP contribution in [0.25, 0.3) is 10.9 Å². The van der Waals surface area contributed by atoms with Gasteiger partial charge in [0.2, 0.25) is 0 Å². The van der Waals surface area contributed by atoms with Gasteiger partial charge in [0.05, 0.1) is 5.52 Å². The second kappa shape index (κ2) is 7.79. The summed E-state index contributed by atoms with van der Waals surface area (Å²) in [6, 6.07) is 11.5. The van der Waals surface area contributed by atoms with Crippen molar-refractivity contribution in [2.45, 2.75) is 19.3 Å². The first kappa shape index (κ1) is 18.1. The van der Waals surface area contributed by atoms with E-state index in [1.54, 1.807) is 12.1 Å². The van der Waals surface area contributed by atoms with Gasteiger partial charge in [0.1, 0.15) is 5.82 Å². The number of aromatic amines is 1. The first-order valence-corrected chi connectivity index (χ1v) is 9.60. The Hall–Kier alpha value is -2.24. The van der Waals surface area contributed by atoms with Crippen LogP contribution in [0.5, 0.6) is 0 Å². The molecule has 1 aliphatic rings. The van der Waals surface area contributed by atoms with Gasteiger partial charge in [-0.1, -0.05) is 11.6 Å². The van der Waals surface area contributed by atoms with E-state index >= 15 is 0 Å². The highest BCUT2D eigenvalue weighted by molar-refractivity contribution is 6.31. The zero-order chi connectivity index (χ0) is 18.8. The molecule has 3 aromatic rings. The fraction of sp³-hybridized carbons (Fsp3) is 0.333. The molecule has 6 heteroatoms. The summed E-state index contributed by atoms with van der Waals surface area (Å²) < 4.78 is 13.0. The van der Waals surface area contributed by atoms with E-state index in [4.69, 9.17) is 11.6 Å². The van der Waals surface area contributed by atoms with Gasteiger partial charge in [0.15, 0.2) is 5.78 Å². The second-order valence-corrected chi connectivity index (χ2v) is 7.64. The summed E-state index contributed by atoms with van der Waals surface area (Å²) in [5.41, 5.74) is 2.62. The summed E-state index contributed by atoms with van der Waals surface area (Å²) in [5, 5.41) is 9.23. The summed E-state index contributed by atoms with van der Waals surface area (Å²) in [4.78, 5) is 14.8. The Morgan fingerprint density at radius 3 is 2.89 bits per heavy atom. The lowest BCUT2D eigenvalue weighted by atomic mass is 9.97. The molecule has 2 aromatic carbocycles. The van der Waals surface area contributed by atoms with Crippen molar-refractivity contribution in [2.75, 3.05) is 19.6 Å². The number of ketones is 1. The van der Waals surface area contributed by atoms with Crippen LogP contribution < -0.4 is 0 Å². The average molecular weight is 386 g/mol. The topological polar surface area (TPSA) is 49.0 Å². The molecule has 1 N–H and O–H groups in total. The van der Waals surface area contributed by atoms with E-state index in [0.29, 0.717) is 22.9 Å². The van der Waals surface area contributed by atoms with E-state index in [1.165, 1.54) is 12.1 Å². The van der Waals surface area contributed by atoms with Crippen LogP contribution in [0.15, 0.2) is 42.5 Å². The van der Waals surface area contributed by atoms with Gasteiger partial charge < -0.3 is 4.90 Å². The standard InChI is InChI=1S/C21H21ClFN3O/c22-16-3-6-19-18(12-16)20(25-24-19)8-10-26-9-7-14(13-26)11-21(27)15-1-4-17(23)5-2-15/h1-6,12,14H,7-11,13H2,(H,24,25). The molecule has 1 fully saturated rings. The Labute approximate surface area is 162 Å². The summed E-state index contributed by atoms with van der Waals surface area (Å²) >= 11 is 6.10. The van der Waals surface area contributed by atoms with Crippen LogP contribution in [0.1, 0.15) is 28.9 Å². The quantitative estimate of drug-likeness (QED) is 0.636. The van der Waals surface area contributed by atoms with E-state index in [0.717, 1.165) is 49.1 Å². The summed E-state index contributed by atoms with van der Waals surface area (Å²) in [5.74, 6) is 0.137. The monoisotopic (exact) mass is 385 g/mol. The number of aromatic nitrogens is 2. The molecular weight excluding hydrogens is 365 g/mol. The van der Waals surface area contributed by atoms with Crippen LogP contribution in [0.4, 0.5) is 4.39 Å². The zero-order valence-corrected chi connectivity index (χ0v) is 15.7. The first-order chi connectivity index (χ1) is 13.1. The Morgan fingerprint density at radius 1 is 1.26 bits per heavy atom.